The number of carbonyl (C=O) groups is 4. The Labute approximate surface area is 190 Å². The minimum Gasteiger partial charge on any atom is -0.479 e. The van der Waals surface area contributed by atoms with Gasteiger partial charge in [0.05, 0.1) is 15.2 Å². The first-order valence-corrected chi connectivity index (χ1v) is 10.2. The third-order valence-electron chi connectivity index (χ3n) is 4.38. The average Bonchev–Trinajstić information content (AvgIpc) is 2.70. The summed E-state index contributed by atoms with van der Waals surface area (Å²) in [6.45, 7) is 1.39. The Morgan fingerprint density at radius 2 is 1.90 bits per heavy atom. The Bertz CT molecular complexity index is 1090. The van der Waals surface area contributed by atoms with Crippen LogP contribution in [0.1, 0.15) is 18.1 Å². The number of carboxylic acids is 1. The lowest BCUT2D eigenvalue weighted by Crippen LogP contribution is -2.54. The van der Waals surface area contributed by atoms with Gasteiger partial charge in [-0.25, -0.2) is 14.5 Å². The van der Waals surface area contributed by atoms with E-state index in [0.717, 1.165) is 16.9 Å². The van der Waals surface area contributed by atoms with E-state index >= 15 is 0 Å². The van der Waals surface area contributed by atoms with Crippen molar-refractivity contribution in [2.75, 3.05) is 11.5 Å². The molecule has 0 aliphatic carbocycles. The van der Waals surface area contributed by atoms with Gasteiger partial charge in [0.15, 0.2) is 12.4 Å². The summed E-state index contributed by atoms with van der Waals surface area (Å²) in [5, 5.41) is 11.0. The fourth-order valence-electron chi connectivity index (χ4n) is 2.87. The second kappa shape index (κ2) is 9.32. The Morgan fingerprint density at radius 1 is 1.23 bits per heavy atom. The van der Waals surface area contributed by atoms with Crippen LogP contribution >= 0.6 is 27.5 Å². The minimum absolute atomic E-state index is 0.0780. The first kappa shape index (κ1) is 22.5. The van der Waals surface area contributed by atoms with Gasteiger partial charge in [0, 0.05) is 0 Å². The third kappa shape index (κ3) is 4.95. The normalized spacial score (nSPS) is 15.3. The lowest BCUT2D eigenvalue weighted by Gasteiger charge is -2.26. The van der Waals surface area contributed by atoms with Crippen molar-refractivity contribution < 1.29 is 29.0 Å². The Hall–Kier alpha value is -3.17. The van der Waals surface area contributed by atoms with Crippen molar-refractivity contribution in [1.29, 1.82) is 0 Å². The quantitative estimate of drug-likeness (QED) is 0.454. The van der Waals surface area contributed by atoms with Gasteiger partial charge < -0.3 is 9.84 Å². The number of nitrogens with one attached hydrogen (secondary N) is 1. The van der Waals surface area contributed by atoms with Gasteiger partial charge in [-0.3, -0.25) is 14.9 Å². The number of anilines is 1. The van der Waals surface area contributed by atoms with E-state index in [9.17, 15) is 19.2 Å². The summed E-state index contributed by atoms with van der Waals surface area (Å²) in [4.78, 5) is 49.2. The number of nitrogens with zero attached hydrogens (tertiary/aromatic N) is 1. The molecular weight excluding hydrogens is 492 g/mol. The number of urea groups is 1. The Kier molecular flexibility index (Phi) is 6.77. The maximum Gasteiger partial charge on any atom is 0.341 e. The monoisotopic (exact) mass is 506 g/mol. The highest BCUT2D eigenvalue weighted by atomic mass is 79.9. The number of imide groups is 2. The molecule has 0 atom stereocenters. The van der Waals surface area contributed by atoms with E-state index in [1.54, 1.807) is 24.3 Å². The van der Waals surface area contributed by atoms with E-state index in [1.807, 2.05) is 6.92 Å². The zero-order valence-corrected chi connectivity index (χ0v) is 18.5. The van der Waals surface area contributed by atoms with Crippen molar-refractivity contribution in [3.63, 3.8) is 0 Å². The van der Waals surface area contributed by atoms with Crippen LogP contribution in [0.2, 0.25) is 5.02 Å². The molecule has 31 heavy (non-hydrogen) atoms. The second-order valence-electron chi connectivity index (χ2n) is 6.47. The van der Waals surface area contributed by atoms with Gasteiger partial charge in [0.25, 0.3) is 11.8 Å². The van der Waals surface area contributed by atoms with Crippen molar-refractivity contribution >= 4 is 63.1 Å². The van der Waals surface area contributed by atoms with Crippen LogP contribution in [0.4, 0.5) is 10.5 Å². The van der Waals surface area contributed by atoms with Crippen LogP contribution in [0.25, 0.3) is 6.08 Å². The number of hydrogen-bond donors (Lipinski definition) is 2. The molecule has 0 bridgehead atoms. The zero-order valence-electron chi connectivity index (χ0n) is 16.1. The van der Waals surface area contributed by atoms with Crippen LogP contribution in [0.3, 0.4) is 0 Å². The van der Waals surface area contributed by atoms with Gasteiger partial charge in [-0.1, -0.05) is 30.7 Å². The number of ether oxygens (including phenoxy) is 1. The number of carboxylic acid groups (broad SMARTS) is 1. The number of hydrogen-bond acceptors (Lipinski definition) is 5. The molecule has 4 amide bonds. The third-order valence-corrected chi connectivity index (χ3v) is 5.25. The molecule has 8 nitrogen and oxygen atoms in total. The number of benzene rings is 2. The molecule has 1 aliphatic heterocycles. The minimum atomic E-state index is -1.17. The topological polar surface area (TPSA) is 113 Å². The molecule has 1 heterocycles. The molecule has 0 spiro atoms. The molecule has 2 aromatic carbocycles. The van der Waals surface area contributed by atoms with Crippen molar-refractivity contribution in [3.05, 3.63) is 62.6 Å². The van der Waals surface area contributed by atoms with E-state index in [-0.39, 0.29) is 16.3 Å². The SMILES string of the molecule is CCc1ccc(N2C(=O)NC(=O)C(=Cc3cc(Cl)c(OCC(=O)O)c(Br)c3)C2=O)cc1. The number of aryl methyl sites for hydroxylation is 1. The summed E-state index contributed by atoms with van der Waals surface area (Å²) in [7, 11) is 0. The van der Waals surface area contributed by atoms with Gasteiger partial charge in [0.2, 0.25) is 0 Å². The van der Waals surface area contributed by atoms with Crippen LogP contribution in [0.5, 0.6) is 5.75 Å². The fourth-order valence-corrected chi connectivity index (χ4v) is 3.86. The maximum atomic E-state index is 13.0. The van der Waals surface area contributed by atoms with Gasteiger partial charge in [-0.2, -0.15) is 0 Å². The largest absolute Gasteiger partial charge is 0.479 e. The molecule has 3 rings (SSSR count). The molecule has 0 aromatic heterocycles. The zero-order chi connectivity index (χ0) is 22.7. The molecule has 0 unspecified atom stereocenters. The van der Waals surface area contributed by atoms with Gasteiger partial charge in [0.1, 0.15) is 5.57 Å². The lowest BCUT2D eigenvalue weighted by atomic mass is 10.1. The number of rotatable bonds is 6. The summed E-state index contributed by atoms with van der Waals surface area (Å²) in [6.07, 6.45) is 2.08. The van der Waals surface area contributed by atoms with E-state index in [2.05, 4.69) is 21.2 Å². The van der Waals surface area contributed by atoms with Crippen LogP contribution in [-0.4, -0.2) is 35.5 Å². The van der Waals surface area contributed by atoms with E-state index in [4.69, 9.17) is 21.4 Å². The van der Waals surface area contributed by atoms with Crippen LogP contribution < -0.4 is 15.0 Å². The molecule has 1 aliphatic rings. The summed E-state index contributed by atoms with van der Waals surface area (Å²) >= 11 is 9.39. The summed E-state index contributed by atoms with van der Waals surface area (Å²) in [5.41, 5.74) is 1.47. The predicted molar refractivity (Wildman–Crippen MR) is 117 cm³/mol. The highest BCUT2D eigenvalue weighted by Gasteiger charge is 2.36. The van der Waals surface area contributed by atoms with Crippen LogP contribution in [0, 0.1) is 0 Å². The number of halogens is 2. The molecule has 0 radical (unpaired) electrons. The first-order chi connectivity index (χ1) is 14.7. The van der Waals surface area contributed by atoms with Crippen molar-refractivity contribution in [1.82, 2.24) is 5.32 Å². The fraction of sp³-hybridized carbons (Fsp3) is 0.143. The first-order valence-electron chi connectivity index (χ1n) is 9.05. The molecule has 2 aromatic rings. The van der Waals surface area contributed by atoms with Crippen molar-refractivity contribution in [2.24, 2.45) is 0 Å². The standard InChI is InChI=1S/C21H16BrClN2O6/c1-2-11-3-5-13(6-4-11)25-20(29)14(19(28)24-21(25)30)7-12-8-15(22)18(16(23)9-12)31-10-17(26)27/h3-9H,2,10H2,1H3,(H,26,27)(H,24,28,30). The summed E-state index contributed by atoms with van der Waals surface area (Å²) < 4.78 is 5.46. The van der Waals surface area contributed by atoms with Gasteiger partial charge in [-0.15, -0.1) is 0 Å². The van der Waals surface area contributed by atoms with Crippen LogP contribution in [0.15, 0.2) is 46.4 Å². The summed E-state index contributed by atoms with van der Waals surface area (Å²) in [5.74, 6) is -2.68. The number of amides is 4. The van der Waals surface area contributed by atoms with Gasteiger partial charge in [-0.05, 0) is 63.8 Å². The molecule has 1 fully saturated rings. The molecule has 2 N–H and O–H groups in total. The number of barbiturate groups is 1. The second-order valence-corrected chi connectivity index (χ2v) is 7.74. The van der Waals surface area contributed by atoms with E-state index in [1.165, 1.54) is 18.2 Å². The smallest absolute Gasteiger partial charge is 0.341 e. The van der Waals surface area contributed by atoms with Gasteiger partial charge >= 0.3 is 12.0 Å². The highest BCUT2D eigenvalue weighted by Crippen LogP contribution is 2.35. The average molecular weight is 508 g/mol. The summed E-state index contributed by atoms with van der Waals surface area (Å²) in [6, 6.07) is 8.93. The van der Waals surface area contributed by atoms with Crippen LogP contribution in [-0.2, 0) is 20.8 Å². The van der Waals surface area contributed by atoms with Crippen molar-refractivity contribution in [2.45, 2.75) is 13.3 Å². The molecule has 0 saturated carbocycles. The highest BCUT2D eigenvalue weighted by molar-refractivity contribution is 9.10. The maximum absolute atomic E-state index is 13.0. The van der Waals surface area contributed by atoms with Crippen molar-refractivity contribution in [3.8, 4) is 5.75 Å². The molecule has 1 saturated heterocycles. The number of carbonyl (C=O) groups excluding carboxylic acids is 3. The predicted octanol–water partition coefficient (Wildman–Crippen LogP) is 3.79. The molecule has 160 valence electrons. The molecular formula is C21H16BrClN2O6. The van der Waals surface area contributed by atoms with E-state index < -0.39 is 30.4 Å². The molecule has 10 heteroatoms. The Balaban J connectivity index is 1.95. The number of aliphatic carboxylic acids is 1. The Morgan fingerprint density at radius 3 is 2.48 bits per heavy atom. The van der Waals surface area contributed by atoms with E-state index in [0.29, 0.717) is 15.7 Å². The lowest BCUT2D eigenvalue weighted by molar-refractivity contribution is -0.139.